The molecule has 28 N–H and O–H groups in total. The monoisotopic (exact) mass is 1700 g/mol. The van der Waals surface area contributed by atoms with Gasteiger partial charge in [-0.1, -0.05) is 64.4 Å². The molecule has 1 fully saturated rings. The number of amides is 15. The number of rotatable bonds is 50. The average Bonchev–Trinajstić information content (AvgIpc) is 1.64. The van der Waals surface area contributed by atoms with Crippen molar-refractivity contribution in [3.8, 4) is 5.75 Å². The SMILES string of the molecule is CC[C@H](C)[C@H](NC(=O)[C@H](Cc1ccc(O)cc1)NC(=O)[C@H](CO)NC(=O)[C@H](CCC(=O)O)NC(=O)[C@@H](N)CO)C(=O)N[C@@H](CC(N)=O)C(=O)N1CCC[C@H]1C(=O)N[C@@H](CC(=O)O)C(=O)NCC(=O)N[C@H](C(=O)N[C@@H](Cc1c[nH]c2ccccc12)C(=O)N[C@H](C(=O)N[C@H](C(=O)N[C@H](C(=O)N[C@@H](CCC(=O)O)C(=O)O)[C@@H](C)O)C(C)C)[C@@H](C)O)[C@@H](C)O. The Morgan fingerprint density at radius 2 is 0.958 bits per heavy atom. The number of aliphatic hydroxyl groups is 5. The minimum absolute atomic E-state index is 0.0489. The molecule has 1 saturated heterocycles. The normalized spacial score (nSPS) is 16.8. The van der Waals surface area contributed by atoms with Crippen LogP contribution in [0.1, 0.15) is 117 Å². The van der Waals surface area contributed by atoms with E-state index in [1.165, 1.54) is 51.2 Å². The number of carbonyl (C=O) groups excluding carboxylic acids is 15. The number of fused-ring (bicyclic) bond motifs is 1. The summed E-state index contributed by atoms with van der Waals surface area (Å²) in [6.07, 6.45) is -9.34. The molecule has 0 saturated carbocycles. The highest BCUT2D eigenvalue weighted by molar-refractivity contribution is 6.02. The summed E-state index contributed by atoms with van der Waals surface area (Å²) in [7, 11) is 0. The smallest absolute Gasteiger partial charge is 0.326 e. The Labute approximate surface area is 685 Å². The van der Waals surface area contributed by atoms with E-state index in [2.05, 4.69) is 74.1 Å². The Bertz CT molecular complexity index is 4180. The van der Waals surface area contributed by atoms with Crippen LogP contribution < -0.4 is 80.6 Å². The third-order valence-corrected chi connectivity index (χ3v) is 19.2. The first kappa shape index (κ1) is 99.8. The summed E-state index contributed by atoms with van der Waals surface area (Å²) >= 11 is 0. The number of aliphatic carboxylic acids is 4. The van der Waals surface area contributed by atoms with Gasteiger partial charge in [0.2, 0.25) is 88.6 Å². The number of aliphatic hydroxyl groups excluding tert-OH is 5. The van der Waals surface area contributed by atoms with Crippen LogP contribution in [0.5, 0.6) is 5.75 Å². The number of nitrogens with one attached hydrogen (secondary N) is 14. The van der Waals surface area contributed by atoms with Gasteiger partial charge in [0, 0.05) is 49.3 Å². The molecule has 0 spiro atoms. The van der Waals surface area contributed by atoms with Crippen LogP contribution in [-0.2, 0) is 104 Å². The van der Waals surface area contributed by atoms with Crippen molar-refractivity contribution in [2.75, 3.05) is 26.3 Å². The van der Waals surface area contributed by atoms with Gasteiger partial charge < -0.3 is 142 Å². The lowest BCUT2D eigenvalue weighted by molar-refractivity contribution is -0.144. The summed E-state index contributed by atoms with van der Waals surface area (Å²) in [5.74, 6) is -26.0. The second-order valence-electron chi connectivity index (χ2n) is 29.1. The minimum atomic E-state index is -2.04. The number of hydrogen-bond acceptors (Lipinski definition) is 26. The van der Waals surface area contributed by atoms with E-state index >= 15 is 0 Å². The van der Waals surface area contributed by atoms with Gasteiger partial charge in [0.15, 0.2) is 0 Å². The fourth-order valence-corrected chi connectivity index (χ4v) is 12.3. The number of phenolic OH excluding ortho intramolecular Hbond substituents is 1. The van der Waals surface area contributed by atoms with Crippen molar-refractivity contribution < 1.29 is 142 Å². The van der Waals surface area contributed by atoms with Crippen LogP contribution in [0.3, 0.4) is 0 Å². The lowest BCUT2D eigenvalue weighted by Crippen LogP contribution is -2.63. The zero-order chi connectivity index (χ0) is 90.3. The first-order valence-corrected chi connectivity index (χ1v) is 38.1. The number of carbonyl (C=O) groups is 19. The number of hydrogen-bond donors (Lipinski definition) is 26. The second-order valence-corrected chi connectivity index (χ2v) is 29.1. The number of para-hydroxylation sites is 1. The molecule has 120 heavy (non-hydrogen) atoms. The first-order chi connectivity index (χ1) is 56.3. The molecule has 4 rings (SSSR count). The van der Waals surface area contributed by atoms with E-state index in [1.54, 1.807) is 31.2 Å². The molecular weight excluding hydrogens is 1590 g/mol. The highest BCUT2D eigenvalue weighted by Gasteiger charge is 2.44. The van der Waals surface area contributed by atoms with Crippen molar-refractivity contribution in [3.05, 3.63) is 65.9 Å². The Balaban J connectivity index is 1.53. The molecule has 0 unspecified atom stereocenters. The van der Waals surface area contributed by atoms with Crippen molar-refractivity contribution in [2.45, 2.75) is 222 Å². The molecule has 0 aliphatic carbocycles. The molecule has 2 aromatic carbocycles. The number of aromatic hydroxyl groups is 1. The van der Waals surface area contributed by atoms with Crippen LogP contribution in [0.15, 0.2) is 54.7 Å². The first-order valence-electron chi connectivity index (χ1n) is 38.1. The van der Waals surface area contributed by atoms with Crippen molar-refractivity contribution in [2.24, 2.45) is 23.3 Å². The van der Waals surface area contributed by atoms with Crippen molar-refractivity contribution in [3.63, 3.8) is 0 Å². The van der Waals surface area contributed by atoms with Crippen molar-refractivity contribution in [1.29, 1.82) is 0 Å². The third-order valence-electron chi connectivity index (χ3n) is 19.2. The van der Waals surface area contributed by atoms with Gasteiger partial charge in [0.25, 0.3) is 0 Å². The van der Waals surface area contributed by atoms with Gasteiger partial charge in [0.05, 0.1) is 50.9 Å². The van der Waals surface area contributed by atoms with Crippen LogP contribution in [0, 0.1) is 11.8 Å². The molecule has 0 radical (unpaired) electrons. The summed E-state index contributed by atoms with van der Waals surface area (Å²) in [6.45, 7) is 5.70. The van der Waals surface area contributed by atoms with Gasteiger partial charge in [-0.2, -0.15) is 0 Å². The molecule has 15 amide bonds. The molecule has 46 heteroatoms. The maximum Gasteiger partial charge on any atom is 0.326 e. The molecular formula is C74H107N17O29. The Morgan fingerprint density at radius 1 is 0.492 bits per heavy atom. The summed E-state index contributed by atoms with van der Waals surface area (Å²) in [6, 6.07) is -13.2. The highest BCUT2D eigenvalue weighted by atomic mass is 16.4. The number of likely N-dealkylation sites (tertiary alicyclic amines) is 1. The van der Waals surface area contributed by atoms with Crippen LogP contribution in [0.4, 0.5) is 0 Å². The molecule has 1 aliphatic heterocycles. The summed E-state index contributed by atoms with van der Waals surface area (Å²) in [5, 5.41) is 130. The highest BCUT2D eigenvalue weighted by Crippen LogP contribution is 2.23. The fraction of sp³-hybridized carbons (Fsp3) is 0.554. The van der Waals surface area contributed by atoms with E-state index in [-0.39, 0.29) is 37.1 Å². The molecule has 1 aliphatic rings. The summed E-state index contributed by atoms with van der Waals surface area (Å²) < 4.78 is 0. The molecule has 1 aromatic heterocycles. The zero-order valence-corrected chi connectivity index (χ0v) is 66.6. The van der Waals surface area contributed by atoms with E-state index in [4.69, 9.17) is 16.6 Å². The Hall–Kier alpha value is -12.5. The topological polar surface area (TPSA) is 754 Å². The largest absolute Gasteiger partial charge is 0.508 e. The number of primary amides is 1. The second kappa shape index (κ2) is 47.8. The maximum absolute atomic E-state index is 14.6. The van der Waals surface area contributed by atoms with E-state index in [1.807, 2.05) is 0 Å². The van der Waals surface area contributed by atoms with Crippen LogP contribution in [0.25, 0.3) is 10.9 Å². The lowest BCUT2D eigenvalue weighted by Gasteiger charge is -2.31. The van der Waals surface area contributed by atoms with E-state index in [0.29, 0.717) is 16.5 Å². The molecule has 2 heterocycles. The van der Waals surface area contributed by atoms with Gasteiger partial charge in [-0.15, -0.1) is 0 Å². The van der Waals surface area contributed by atoms with E-state index < -0.39 is 298 Å². The van der Waals surface area contributed by atoms with Crippen molar-refractivity contribution >= 4 is 123 Å². The van der Waals surface area contributed by atoms with Crippen molar-refractivity contribution in [1.82, 2.24) is 79.0 Å². The number of nitrogens with zero attached hydrogens (tertiary/aromatic N) is 1. The number of aromatic amines is 1. The van der Waals surface area contributed by atoms with Crippen LogP contribution in [-0.4, -0.2) is 303 Å². The molecule has 0 bridgehead atoms. The lowest BCUT2D eigenvalue weighted by atomic mass is 9.96. The van der Waals surface area contributed by atoms with E-state index in [9.17, 15) is 137 Å². The number of aromatic nitrogens is 1. The predicted molar refractivity (Wildman–Crippen MR) is 414 cm³/mol. The third kappa shape index (κ3) is 31.1. The van der Waals surface area contributed by atoms with E-state index in [0.717, 1.165) is 25.7 Å². The van der Waals surface area contributed by atoms with Gasteiger partial charge in [-0.25, -0.2) is 4.79 Å². The zero-order valence-electron chi connectivity index (χ0n) is 66.6. The fourth-order valence-electron chi connectivity index (χ4n) is 12.3. The number of H-pyrrole nitrogens is 1. The Morgan fingerprint density at radius 3 is 1.49 bits per heavy atom. The van der Waals surface area contributed by atoms with Gasteiger partial charge in [-0.05, 0) is 87.6 Å². The number of carboxylic acid groups (broad SMARTS) is 4. The number of benzene rings is 2. The summed E-state index contributed by atoms with van der Waals surface area (Å²) in [4.78, 5) is 258. The standard InChI is InChI=1S/C74H107N17O29/c1-8-33(4)57(88-64(109)45(24-37-15-17-39(97)18-16-37)81-66(111)49(31-93)85-63(108)43(19-21-53(100)101)79-61(106)41(75)30-92)69(114)84-48(26-51(76)98)73(118)91-23-11-14-50(91)67(112)82-47(27-55(104)105)62(107)78-29-52(99)86-58(34(5)94)70(115)83-46(25-38-28-77-42-13-10-9-12-40(38)42)65(110)89-60(36(7)96)72(117)87-56(32(2)3)68(113)90-59(35(6)95)71(116)80-44(74(119)120)20-22-54(102)103/h9-10,12-13,15-18,28,32-36,41,43-50,56-60,77,92-97H,8,11,14,19-27,29-31,75H2,1-7H3,(H2,76,98)(H,78,107)(H,79,106)(H,80,116)(H,81,111)(H,82,112)(H,83,115)(H,84,114)(H,85,108)(H,86,99)(H,87,117)(H,88,109)(H,89,110)(H,90,113)(H,100,101)(H,102,103)(H,104,105)(H,119,120)/t33-,34+,35+,36+,41-,43-,44-,45-,46-,47-,48-,49-,50-,56-,57-,58-,59-,60-/m0/s1. The quantitative estimate of drug-likeness (QED) is 0.0250. The molecule has 662 valence electrons. The number of carboxylic acids is 4. The van der Waals surface area contributed by atoms with Crippen LogP contribution in [0.2, 0.25) is 0 Å². The van der Waals surface area contributed by atoms with Gasteiger partial charge in [0.1, 0.15) is 90.3 Å². The number of nitrogens with two attached hydrogens (primary N) is 2. The molecule has 46 nitrogen and oxygen atoms in total. The molecule has 18 atom stereocenters. The van der Waals surface area contributed by atoms with Gasteiger partial charge in [-0.3, -0.25) is 86.3 Å². The maximum atomic E-state index is 14.6. The molecule has 3 aromatic rings. The Kier molecular flexibility index (Phi) is 39.7. The summed E-state index contributed by atoms with van der Waals surface area (Å²) in [5.41, 5.74) is 12.3. The van der Waals surface area contributed by atoms with Gasteiger partial charge >= 0.3 is 23.9 Å². The van der Waals surface area contributed by atoms with Crippen LogP contribution >= 0.6 is 0 Å². The minimum Gasteiger partial charge on any atom is -0.508 e. The predicted octanol–water partition coefficient (Wildman–Crippen LogP) is -9.10. The number of phenols is 1. The average molecular weight is 1700 g/mol.